The van der Waals surface area contributed by atoms with Crippen LogP contribution in [-0.4, -0.2) is 21.8 Å². The highest BCUT2D eigenvalue weighted by atomic mass is 16.2. The molecule has 6 nitrogen and oxygen atoms in total. The molecule has 3 N–H and O–H groups in total. The topological polar surface area (TPSA) is 86.9 Å². The van der Waals surface area contributed by atoms with Crippen molar-refractivity contribution in [2.24, 2.45) is 0 Å². The van der Waals surface area contributed by atoms with Crippen LogP contribution in [-0.2, 0) is 9.59 Å². The molecule has 1 atom stereocenters. The monoisotopic (exact) mass is 244 g/mol. The number of rotatable bonds is 1. The van der Waals surface area contributed by atoms with Crippen LogP contribution in [0.25, 0.3) is 11.0 Å². The van der Waals surface area contributed by atoms with E-state index in [1.165, 1.54) is 6.92 Å². The van der Waals surface area contributed by atoms with Crippen LogP contribution in [0.1, 0.15) is 25.3 Å². The Morgan fingerprint density at radius 2 is 2.22 bits per heavy atom. The van der Waals surface area contributed by atoms with E-state index < -0.39 is 0 Å². The van der Waals surface area contributed by atoms with Crippen LogP contribution in [0.2, 0.25) is 0 Å². The lowest BCUT2D eigenvalue weighted by atomic mass is 10.0. The molecule has 0 aliphatic carbocycles. The van der Waals surface area contributed by atoms with Crippen molar-refractivity contribution in [3.05, 3.63) is 17.7 Å². The molecule has 1 aliphatic heterocycles. The van der Waals surface area contributed by atoms with Gasteiger partial charge in [0, 0.05) is 12.6 Å². The lowest BCUT2D eigenvalue weighted by Crippen LogP contribution is -2.08. The summed E-state index contributed by atoms with van der Waals surface area (Å²) in [6, 6.07) is 3.71. The van der Waals surface area contributed by atoms with Gasteiger partial charge < -0.3 is 10.3 Å². The Morgan fingerprint density at radius 1 is 1.44 bits per heavy atom. The third-order valence-electron chi connectivity index (χ3n) is 3.07. The standard InChI is InChI=1S/C12H12N4O2/c1-5-7-3-9-10(4-8(7)14-11(5)18)16-12(15-9)13-6(2)17/h3-5H,1-2H3,(H,14,18)(H2,13,15,16,17). The molecule has 18 heavy (non-hydrogen) atoms. The highest BCUT2D eigenvalue weighted by molar-refractivity contribution is 6.05. The van der Waals surface area contributed by atoms with Gasteiger partial charge in [-0.3, -0.25) is 14.9 Å². The Morgan fingerprint density at radius 3 is 2.94 bits per heavy atom. The molecule has 92 valence electrons. The van der Waals surface area contributed by atoms with Crippen molar-refractivity contribution in [2.75, 3.05) is 10.6 Å². The zero-order valence-corrected chi connectivity index (χ0v) is 10.00. The van der Waals surface area contributed by atoms with Gasteiger partial charge in [-0.15, -0.1) is 0 Å². The lowest BCUT2D eigenvalue weighted by molar-refractivity contribution is -0.116. The largest absolute Gasteiger partial charge is 0.325 e. The lowest BCUT2D eigenvalue weighted by Gasteiger charge is -1.99. The number of H-pyrrole nitrogens is 1. The number of amides is 2. The molecule has 0 saturated heterocycles. The summed E-state index contributed by atoms with van der Waals surface area (Å²) in [6.45, 7) is 3.28. The van der Waals surface area contributed by atoms with E-state index >= 15 is 0 Å². The number of fused-ring (bicyclic) bond motifs is 2. The van der Waals surface area contributed by atoms with Gasteiger partial charge in [-0.25, -0.2) is 4.98 Å². The van der Waals surface area contributed by atoms with Gasteiger partial charge in [-0.05, 0) is 24.6 Å². The molecule has 1 unspecified atom stereocenters. The van der Waals surface area contributed by atoms with Crippen molar-refractivity contribution in [2.45, 2.75) is 19.8 Å². The SMILES string of the molecule is CC(=O)Nc1nc2cc3c(cc2[nH]1)NC(=O)C3C. The number of aromatic nitrogens is 2. The highest BCUT2D eigenvalue weighted by Gasteiger charge is 2.27. The van der Waals surface area contributed by atoms with Crippen molar-refractivity contribution in [1.82, 2.24) is 9.97 Å². The fraction of sp³-hybridized carbons (Fsp3) is 0.250. The first kappa shape index (κ1) is 10.8. The first-order chi connectivity index (χ1) is 8.54. The fourth-order valence-electron chi connectivity index (χ4n) is 2.15. The highest BCUT2D eigenvalue weighted by Crippen LogP contribution is 2.35. The van der Waals surface area contributed by atoms with E-state index in [0.29, 0.717) is 5.95 Å². The molecule has 2 aromatic rings. The molecule has 0 saturated carbocycles. The Hall–Kier alpha value is -2.37. The first-order valence-corrected chi connectivity index (χ1v) is 5.66. The number of nitrogens with one attached hydrogen (secondary N) is 3. The van der Waals surface area contributed by atoms with Gasteiger partial charge in [0.25, 0.3) is 0 Å². The first-order valence-electron chi connectivity index (χ1n) is 5.66. The maximum Gasteiger partial charge on any atom is 0.231 e. The Balaban J connectivity index is 2.10. The molecule has 0 radical (unpaired) electrons. The average molecular weight is 244 g/mol. The van der Waals surface area contributed by atoms with E-state index in [0.717, 1.165) is 22.3 Å². The van der Waals surface area contributed by atoms with Gasteiger partial charge in [0.05, 0.1) is 17.0 Å². The van der Waals surface area contributed by atoms with E-state index in [4.69, 9.17) is 0 Å². The summed E-state index contributed by atoms with van der Waals surface area (Å²) in [5, 5.41) is 5.41. The summed E-state index contributed by atoms with van der Waals surface area (Å²) >= 11 is 0. The van der Waals surface area contributed by atoms with E-state index in [1.54, 1.807) is 0 Å². The molecule has 2 amide bonds. The predicted octanol–water partition coefficient (Wildman–Crippen LogP) is 1.58. The Labute approximate surface area is 103 Å². The molecule has 1 aromatic carbocycles. The van der Waals surface area contributed by atoms with Crippen LogP contribution < -0.4 is 10.6 Å². The summed E-state index contributed by atoms with van der Waals surface area (Å²) in [5.41, 5.74) is 3.26. The van der Waals surface area contributed by atoms with Crippen LogP contribution in [0.15, 0.2) is 12.1 Å². The number of anilines is 2. The molecular weight excluding hydrogens is 232 g/mol. The summed E-state index contributed by atoms with van der Waals surface area (Å²) < 4.78 is 0. The number of carbonyl (C=O) groups is 2. The van der Waals surface area contributed by atoms with Gasteiger partial charge in [0.1, 0.15) is 0 Å². The number of aromatic amines is 1. The van der Waals surface area contributed by atoms with Crippen LogP contribution >= 0.6 is 0 Å². The van der Waals surface area contributed by atoms with Crippen LogP contribution in [0.3, 0.4) is 0 Å². The number of hydrogen-bond donors (Lipinski definition) is 3. The van der Waals surface area contributed by atoms with Crippen LogP contribution in [0, 0.1) is 0 Å². The molecule has 0 spiro atoms. The van der Waals surface area contributed by atoms with Crippen molar-refractivity contribution < 1.29 is 9.59 Å². The van der Waals surface area contributed by atoms with Crippen molar-refractivity contribution in [3.8, 4) is 0 Å². The van der Waals surface area contributed by atoms with Crippen molar-refractivity contribution >= 4 is 34.5 Å². The van der Waals surface area contributed by atoms with Gasteiger partial charge in [0.15, 0.2) is 0 Å². The summed E-state index contributed by atoms with van der Waals surface area (Å²) in [5.74, 6) is 0.0773. The molecule has 1 aliphatic rings. The minimum atomic E-state index is -0.178. The van der Waals surface area contributed by atoms with E-state index in [9.17, 15) is 9.59 Å². The maximum atomic E-state index is 11.5. The Kier molecular flexibility index (Phi) is 2.13. The minimum absolute atomic E-state index is 0.000243. The summed E-state index contributed by atoms with van der Waals surface area (Å²) in [6.07, 6.45) is 0. The third-order valence-corrected chi connectivity index (χ3v) is 3.07. The summed E-state index contributed by atoms with van der Waals surface area (Å²) in [7, 11) is 0. The molecule has 6 heteroatoms. The predicted molar refractivity (Wildman–Crippen MR) is 67.4 cm³/mol. The second-order valence-electron chi connectivity index (χ2n) is 4.43. The second kappa shape index (κ2) is 3.56. The van der Waals surface area contributed by atoms with Crippen LogP contribution in [0.4, 0.5) is 11.6 Å². The summed E-state index contributed by atoms with van der Waals surface area (Å²) in [4.78, 5) is 29.8. The van der Waals surface area contributed by atoms with Crippen molar-refractivity contribution in [3.63, 3.8) is 0 Å². The number of hydrogen-bond acceptors (Lipinski definition) is 3. The quantitative estimate of drug-likeness (QED) is 0.711. The van der Waals surface area contributed by atoms with Gasteiger partial charge in [-0.1, -0.05) is 0 Å². The molecule has 0 bridgehead atoms. The smallest absolute Gasteiger partial charge is 0.231 e. The van der Waals surface area contributed by atoms with Crippen LogP contribution in [0.5, 0.6) is 0 Å². The minimum Gasteiger partial charge on any atom is -0.325 e. The molecule has 3 rings (SSSR count). The number of benzene rings is 1. The molecular formula is C12H12N4O2. The van der Waals surface area contributed by atoms with Crippen molar-refractivity contribution in [1.29, 1.82) is 0 Å². The number of nitrogens with zero attached hydrogens (tertiary/aromatic N) is 1. The zero-order valence-electron chi connectivity index (χ0n) is 10.00. The fourth-order valence-corrected chi connectivity index (χ4v) is 2.15. The third kappa shape index (κ3) is 1.54. The maximum absolute atomic E-state index is 11.5. The van der Waals surface area contributed by atoms with Gasteiger partial charge >= 0.3 is 0 Å². The average Bonchev–Trinajstić information content (AvgIpc) is 2.77. The second-order valence-corrected chi connectivity index (χ2v) is 4.43. The molecule has 2 heterocycles. The van der Waals surface area contributed by atoms with Gasteiger partial charge in [-0.2, -0.15) is 0 Å². The van der Waals surface area contributed by atoms with Gasteiger partial charge in [0.2, 0.25) is 17.8 Å². The van der Waals surface area contributed by atoms with E-state index in [2.05, 4.69) is 20.6 Å². The zero-order chi connectivity index (χ0) is 12.9. The molecule has 1 aromatic heterocycles. The van der Waals surface area contributed by atoms with E-state index in [1.807, 2.05) is 19.1 Å². The normalized spacial score (nSPS) is 17.7. The number of carbonyl (C=O) groups excluding carboxylic acids is 2. The Bertz CT molecular complexity index is 674. The van der Waals surface area contributed by atoms with E-state index in [-0.39, 0.29) is 17.7 Å². The molecule has 0 fully saturated rings. The number of imidazole rings is 1.